The van der Waals surface area contributed by atoms with Crippen LogP contribution in [-0.2, 0) is 10.8 Å². The van der Waals surface area contributed by atoms with Gasteiger partial charge in [-0.25, -0.2) is 4.98 Å². The zero-order valence-electron chi connectivity index (χ0n) is 8.54. The van der Waals surface area contributed by atoms with Crippen molar-refractivity contribution in [2.75, 3.05) is 11.5 Å². The molecule has 2 nitrogen and oxygen atoms in total. The van der Waals surface area contributed by atoms with Crippen molar-refractivity contribution in [2.24, 2.45) is 0 Å². The van der Waals surface area contributed by atoms with E-state index in [4.69, 9.17) is 0 Å². The first kappa shape index (κ1) is 11.8. The Morgan fingerprint density at radius 1 is 1.31 bits per heavy atom. The van der Waals surface area contributed by atoms with Crippen LogP contribution in [0.5, 0.6) is 0 Å². The summed E-state index contributed by atoms with van der Waals surface area (Å²) in [6.07, 6.45) is 1.79. The number of hydrogen-bond acceptors (Lipinski definition) is 4. The molecule has 0 N–H and O–H groups in total. The highest BCUT2D eigenvalue weighted by molar-refractivity contribution is 8.01. The van der Waals surface area contributed by atoms with E-state index in [1.165, 1.54) is 0 Å². The van der Waals surface area contributed by atoms with Crippen LogP contribution in [0.4, 0.5) is 0 Å². The van der Waals surface area contributed by atoms with Crippen LogP contribution in [-0.4, -0.2) is 20.7 Å². The average molecular weight is 269 g/mol. The fourth-order valence-corrected chi connectivity index (χ4v) is 4.17. The van der Waals surface area contributed by atoms with Gasteiger partial charge in [0.15, 0.2) is 0 Å². The van der Waals surface area contributed by atoms with E-state index in [1.54, 1.807) is 29.3 Å². The quantitative estimate of drug-likeness (QED) is 0.782. The van der Waals surface area contributed by atoms with E-state index in [9.17, 15) is 4.21 Å². The molecule has 1 atom stereocenters. The second kappa shape index (κ2) is 6.18. The molecule has 84 valence electrons. The van der Waals surface area contributed by atoms with Crippen molar-refractivity contribution in [2.45, 2.75) is 9.24 Å². The highest BCUT2D eigenvalue weighted by Gasteiger charge is 2.03. The molecule has 0 aliphatic heterocycles. The lowest BCUT2D eigenvalue weighted by molar-refractivity contribution is 0.684. The van der Waals surface area contributed by atoms with Gasteiger partial charge >= 0.3 is 0 Å². The highest BCUT2D eigenvalue weighted by atomic mass is 32.2. The summed E-state index contributed by atoms with van der Waals surface area (Å²) < 4.78 is 12.9. The molecule has 5 heteroatoms. The highest BCUT2D eigenvalue weighted by Crippen LogP contribution is 2.20. The molecule has 0 radical (unpaired) electrons. The molecule has 0 amide bonds. The molecular weight excluding hydrogens is 258 g/mol. The van der Waals surface area contributed by atoms with E-state index in [0.29, 0.717) is 5.75 Å². The first-order valence-electron chi connectivity index (χ1n) is 4.82. The van der Waals surface area contributed by atoms with Crippen molar-refractivity contribution in [1.29, 1.82) is 0 Å². The lowest BCUT2D eigenvalue weighted by Crippen LogP contribution is -2.00. The van der Waals surface area contributed by atoms with Crippen molar-refractivity contribution in [1.82, 2.24) is 4.98 Å². The number of benzene rings is 1. The van der Waals surface area contributed by atoms with Gasteiger partial charge in [-0.15, -0.1) is 11.3 Å². The monoisotopic (exact) mass is 269 g/mol. The van der Waals surface area contributed by atoms with Crippen molar-refractivity contribution in [3.05, 3.63) is 41.9 Å². The second-order valence-electron chi connectivity index (χ2n) is 3.01. The Hall–Kier alpha value is -0.650. The molecule has 0 bridgehead atoms. The minimum absolute atomic E-state index is 0.675. The maximum atomic E-state index is 11.9. The Bertz CT molecular complexity index is 442. The molecule has 1 aromatic carbocycles. The summed E-state index contributed by atoms with van der Waals surface area (Å²) in [6, 6.07) is 9.59. The Labute approximate surface area is 106 Å². The van der Waals surface area contributed by atoms with Gasteiger partial charge < -0.3 is 0 Å². The summed E-state index contributed by atoms with van der Waals surface area (Å²) in [5, 5.41) is 1.95. The summed E-state index contributed by atoms with van der Waals surface area (Å²) in [4.78, 5) is 5.07. The van der Waals surface area contributed by atoms with Crippen molar-refractivity contribution in [3.8, 4) is 0 Å². The first-order chi connectivity index (χ1) is 7.86. The predicted octanol–water partition coefficient (Wildman–Crippen LogP) is 3.04. The Morgan fingerprint density at radius 3 is 2.81 bits per heavy atom. The van der Waals surface area contributed by atoms with Crippen molar-refractivity contribution >= 4 is 33.9 Å². The number of thioether (sulfide) groups is 1. The molecule has 2 rings (SSSR count). The van der Waals surface area contributed by atoms with Gasteiger partial charge in [-0.3, -0.25) is 4.21 Å². The molecule has 0 spiro atoms. The van der Waals surface area contributed by atoms with E-state index in [2.05, 4.69) is 4.98 Å². The number of thiazole rings is 1. The zero-order chi connectivity index (χ0) is 11.2. The number of rotatable bonds is 5. The summed E-state index contributed by atoms with van der Waals surface area (Å²) in [7, 11) is -0.889. The normalized spacial score (nSPS) is 12.5. The maximum absolute atomic E-state index is 11.9. The van der Waals surface area contributed by atoms with Gasteiger partial charge in [0.2, 0.25) is 0 Å². The molecule has 0 unspecified atom stereocenters. The van der Waals surface area contributed by atoms with Crippen LogP contribution in [0, 0.1) is 0 Å². The molecule has 0 fully saturated rings. The average Bonchev–Trinajstić information content (AvgIpc) is 2.83. The zero-order valence-corrected chi connectivity index (χ0v) is 11.0. The Kier molecular flexibility index (Phi) is 4.56. The van der Waals surface area contributed by atoms with Crippen molar-refractivity contribution < 1.29 is 4.21 Å². The topological polar surface area (TPSA) is 30.0 Å². The van der Waals surface area contributed by atoms with E-state index >= 15 is 0 Å². The van der Waals surface area contributed by atoms with Crippen LogP contribution in [0.25, 0.3) is 0 Å². The molecule has 2 aromatic rings. The lowest BCUT2D eigenvalue weighted by atomic mass is 10.4. The van der Waals surface area contributed by atoms with E-state index in [0.717, 1.165) is 15.0 Å². The van der Waals surface area contributed by atoms with Gasteiger partial charge in [0.05, 0.1) is 10.8 Å². The van der Waals surface area contributed by atoms with Gasteiger partial charge in [0, 0.05) is 28.0 Å². The smallest absolute Gasteiger partial charge is 0.149 e. The standard InChI is InChI=1S/C11H11NOS3/c13-16(10-4-2-1-3-5-10)9-8-15-11-12-6-7-14-11/h1-7H,8-9H2/t16-/m0/s1. The largest absolute Gasteiger partial charge is 0.254 e. The van der Waals surface area contributed by atoms with Gasteiger partial charge in [-0.1, -0.05) is 30.0 Å². The second-order valence-corrected chi connectivity index (χ2v) is 6.82. The minimum atomic E-state index is -0.889. The minimum Gasteiger partial charge on any atom is -0.254 e. The van der Waals surface area contributed by atoms with Crippen LogP contribution in [0.3, 0.4) is 0 Å². The molecule has 0 saturated heterocycles. The number of hydrogen-bond donors (Lipinski definition) is 0. The summed E-state index contributed by atoms with van der Waals surface area (Å²) in [5.74, 6) is 1.52. The molecule has 0 aliphatic carbocycles. The van der Waals surface area contributed by atoms with E-state index in [-0.39, 0.29) is 0 Å². The van der Waals surface area contributed by atoms with Crippen molar-refractivity contribution in [3.63, 3.8) is 0 Å². The van der Waals surface area contributed by atoms with E-state index < -0.39 is 10.8 Å². The van der Waals surface area contributed by atoms with Gasteiger partial charge in [0.25, 0.3) is 0 Å². The number of nitrogens with zero attached hydrogens (tertiary/aromatic N) is 1. The predicted molar refractivity (Wildman–Crippen MR) is 70.6 cm³/mol. The third-order valence-corrected chi connectivity index (χ3v) is 5.51. The lowest BCUT2D eigenvalue weighted by Gasteiger charge is -2.00. The molecule has 1 aromatic heterocycles. The van der Waals surface area contributed by atoms with Gasteiger partial charge in [0.1, 0.15) is 4.34 Å². The summed E-state index contributed by atoms with van der Waals surface area (Å²) in [5.41, 5.74) is 0. The van der Waals surface area contributed by atoms with Crippen LogP contribution in [0.15, 0.2) is 51.1 Å². The molecule has 0 aliphatic rings. The first-order valence-corrected chi connectivity index (χ1v) is 8.00. The summed E-state index contributed by atoms with van der Waals surface area (Å²) in [6.45, 7) is 0. The third-order valence-electron chi connectivity index (χ3n) is 1.91. The molecule has 16 heavy (non-hydrogen) atoms. The fourth-order valence-electron chi connectivity index (χ4n) is 1.18. The maximum Gasteiger partial charge on any atom is 0.149 e. The number of aromatic nitrogens is 1. The molecule has 0 saturated carbocycles. The molecular formula is C11H11NOS3. The van der Waals surface area contributed by atoms with Crippen LogP contribution in [0.2, 0.25) is 0 Å². The Balaban J connectivity index is 1.81. The Morgan fingerprint density at radius 2 is 2.12 bits per heavy atom. The van der Waals surface area contributed by atoms with Crippen LogP contribution in [0.1, 0.15) is 0 Å². The SMILES string of the molecule is O=[S@@](CCSc1nccs1)c1ccccc1. The molecule has 1 heterocycles. The summed E-state index contributed by atoms with van der Waals surface area (Å²) >= 11 is 3.29. The van der Waals surface area contributed by atoms with E-state index in [1.807, 2.05) is 35.7 Å². The van der Waals surface area contributed by atoms with Crippen LogP contribution < -0.4 is 0 Å². The van der Waals surface area contributed by atoms with Gasteiger partial charge in [-0.05, 0) is 12.1 Å². The van der Waals surface area contributed by atoms with Gasteiger partial charge in [-0.2, -0.15) is 0 Å². The fraction of sp³-hybridized carbons (Fsp3) is 0.182. The third kappa shape index (κ3) is 3.43. The van der Waals surface area contributed by atoms with Crippen LogP contribution >= 0.6 is 23.1 Å².